The fourth-order valence-electron chi connectivity index (χ4n) is 4.74. The number of rotatable bonds is 26. The van der Waals surface area contributed by atoms with Crippen LogP contribution in [0.3, 0.4) is 0 Å². The standard InChI is InChI=1S/C32H62O2/c1-6-8-9-10-11-12-13-17-20-23-26-31(28-34-32(33)29(3)4)27-24-21-18-15-14-16-19-22-25-30(5)7-2/h30-31H,3,6-28H2,1-2,4-5H3. The van der Waals surface area contributed by atoms with E-state index in [0.717, 1.165) is 5.92 Å². The largest absolute Gasteiger partial charge is 0.462 e. The molecule has 0 bridgehead atoms. The highest BCUT2D eigenvalue weighted by atomic mass is 16.5. The van der Waals surface area contributed by atoms with Crippen LogP contribution in [0, 0.1) is 11.8 Å². The minimum atomic E-state index is -0.221. The van der Waals surface area contributed by atoms with Gasteiger partial charge in [0, 0.05) is 5.57 Å². The second-order valence-electron chi connectivity index (χ2n) is 11.1. The van der Waals surface area contributed by atoms with Gasteiger partial charge in [0.05, 0.1) is 6.61 Å². The Hall–Kier alpha value is -0.790. The first-order chi connectivity index (χ1) is 16.5. The molecule has 2 unspecified atom stereocenters. The van der Waals surface area contributed by atoms with Crippen molar-refractivity contribution >= 4 is 5.97 Å². The van der Waals surface area contributed by atoms with Gasteiger partial charge in [-0.2, -0.15) is 0 Å². The Morgan fingerprint density at radius 1 is 0.647 bits per heavy atom. The predicted molar refractivity (Wildman–Crippen MR) is 151 cm³/mol. The van der Waals surface area contributed by atoms with Gasteiger partial charge in [0.25, 0.3) is 0 Å². The van der Waals surface area contributed by atoms with Crippen molar-refractivity contribution in [2.75, 3.05) is 6.61 Å². The summed E-state index contributed by atoms with van der Waals surface area (Å²) in [5.74, 6) is 1.21. The smallest absolute Gasteiger partial charge is 0.333 e. The lowest BCUT2D eigenvalue weighted by atomic mass is 9.94. The van der Waals surface area contributed by atoms with E-state index in [4.69, 9.17) is 4.74 Å². The van der Waals surface area contributed by atoms with Gasteiger partial charge in [-0.3, -0.25) is 0 Å². The lowest BCUT2D eigenvalue weighted by molar-refractivity contribution is -0.140. The van der Waals surface area contributed by atoms with Gasteiger partial charge in [0.1, 0.15) is 0 Å². The molecule has 2 atom stereocenters. The van der Waals surface area contributed by atoms with Gasteiger partial charge in [-0.15, -0.1) is 0 Å². The molecule has 0 saturated carbocycles. The molecule has 0 N–H and O–H groups in total. The van der Waals surface area contributed by atoms with Gasteiger partial charge in [-0.25, -0.2) is 4.79 Å². The Bertz CT molecular complexity index is 456. The fraction of sp³-hybridized carbons (Fsp3) is 0.906. The van der Waals surface area contributed by atoms with E-state index in [1.807, 2.05) is 0 Å². The predicted octanol–water partition coefficient (Wildman–Crippen LogP) is 11.0. The van der Waals surface area contributed by atoms with Crippen LogP contribution in [0.25, 0.3) is 0 Å². The first kappa shape index (κ1) is 33.2. The maximum atomic E-state index is 11.8. The monoisotopic (exact) mass is 478 g/mol. The van der Waals surface area contributed by atoms with E-state index < -0.39 is 0 Å². The van der Waals surface area contributed by atoms with E-state index in [9.17, 15) is 4.79 Å². The lowest BCUT2D eigenvalue weighted by Crippen LogP contribution is -2.15. The van der Waals surface area contributed by atoms with Crippen molar-refractivity contribution in [3.05, 3.63) is 12.2 Å². The maximum Gasteiger partial charge on any atom is 0.333 e. The van der Waals surface area contributed by atoms with Gasteiger partial charge in [0.2, 0.25) is 0 Å². The number of esters is 1. The summed E-state index contributed by atoms with van der Waals surface area (Å²) in [7, 11) is 0. The molecule has 0 heterocycles. The molecule has 2 nitrogen and oxygen atoms in total. The quantitative estimate of drug-likeness (QED) is 0.0701. The van der Waals surface area contributed by atoms with Crippen molar-refractivity contribution in [1.82, 2.24) is 0 Å². The summed E-state index contributed by atoms with van der Waals surface area (Å²) in [6.45, 7) is 13.0. The lowest BCUT2D eigenvalue weighted by Gasteiger charge is -2.17. The van der Waals surface area contributed by atoms with Gasteiger partial charge >= 0.3 is 5.97 Å². The Balaban J connectivity index is 3.87. The third kappa shape index (κ3) is 23.0. The molecule has 0 rings (SSSR count). The van der Waals surface area contributed by atoms with Crippen molar-refractivity contribution in [2.45, 2.75) is 169 Å². The molecule has 34 heavy (non-hydrogen) atoms. The van der Waals surface area contributed by atoms with Crippen LogP contribution in [0.4, 0.5) is 0 Å². The van der Waals surface area contributed by atoms with Gasteiger partial charge in [-0.05, 0) is 31.6 Å². The van der Waals surface area contributed by atoms with Gasteiger partial charge in [-0.1, -0.05) is 156 Å². The number of hydrogen-bond acceptors (Lipinski definition) is 2. The van der Waals surface area contributed by atoms with Crippen LogP contribution >= 0.6 is 0 Å². The molecular weight excluding hydrogens is 416 g/mol. The second-order valence-corrected chi connectivity index (χ2v) is 11.1. The maximum absolute atomic E-state index is 11.8. The molecule has 0 saturated heterocycles. The van der Waals surface area contributed by atoms with Crippen LogP contribution < -0.4 is 0 Å². The van der Waals surface area contributed by atoms with E-state index in [2.05, 4.69) is 27.4 Å². The number of ether oxygens (including phenoxy) is 1. The molecular formula is C32H62O2. The van der Waals surface area contributed by atoms with Crippen molar-refractivity contribution in [1.29, 1.82) is 0 Å². The summed E-state index contributed by atoms with van der Waals surface area (Å²) >= 11 is 0. The number of hydrogen-bond donors (Lipinski definition) is 0. The van der Waals surface area contributed by atoms with Crippen molar-refractivity contribution in [3.63, 3.8) is 0 Å². The molecule has 0 aliphatic carbocycles. The van der Waals surface area contributed by atoms with Crippen LogP contribution in [-0.4, -0.2) is 12.6 Å². The summed E-state index contributed by atoms with van der Waals surface area (Å²) in [4.78, 5) is 11.8. The molecule has 0 fully saturated rings. The third-order valence-corrected chi connectivity index (χ3v) is 7.52. The van der Waals surface area contributed by atoms with Crippen LogP contribution in [0.5, 0.6) is 0 Å². The average molecular weight is 479 g/mol. The zero-order valence-electron chi connectivity index (χ0n) is 23.9. The van der Waals surface area contributed by atoms with Crippen LogP contribution in [-0.2, 0) is 9.53 Å². The number of carbonyl (C=O) groups is 1. The van der Waals surface area contributed by atoms with Crippen molar-refractivity contribution in [2.24, 2.45) is 11.8 Å². The summed E-state index contributed by atoms with van der Waals surface area (Å²) in [5, 5.41) is 0. The molecule has 0 aliphatic rings. The molecule has 0 radical (unpaired) electrons. The SMILES string of the molecule is C=C(C)C(=O)OCC(CCCCCCCCCCCC)CCCCCCCCCCC(C)CC. The zero-order chi connectivity index (χ0) is 25.3. The van der Waals surface area contributed by atoms with E-state index in [0.29, 0.717) is 18.1 Å². The fourth-order valence-corrected chi connectivity index (χ4v) is 4.74. The molecule has 0 aromatic heterocycles. The first-order valence-electron chi connectivity index (χ1n) is 15.3. The van der Waals surface area contributed by atoms with E-state index in [-0.39, 0.29) is 5.97 Å². The van der Waals surface area contributed by atoms with E-state index >= 15 is 0 Å². The number of carbonyl (C=O) groups excluding carboxylic acids is 1. The summed E-state index contributed by atoms with van der Waals surface area (Å²) in [5.41, 5.74) is 0.516. The Morgan fingerprint density at radius 3 is 1.41 bits per heavy atom. The van der Waals surface area contributed by atoms with Crippen LogP contribution in [0.2, 0.25) is 0 Å². The first-order valence-corrected chi connectivity index (χ1v) is 15.3. The molecule has 0 aromatic carbocycles. The second kappa shape index (κ2) is 25.3. The normalized spacial score (nSPS) is 13.1. The van der Waals surface area contributed by atoms with E-state index in [1.54, 1.807) is 6.92 Å². The van der Waals surface area contributed by atoms with Crippen molar-refractivity contribution < 1.29 is 9.53 Å². The van der Waals surface area contributed by atoms with E-state index in [1.165, 1.54) is 141 Å². The number of unbranched alkanes of at least 4 members (excludes halogenated alkanes) is 16. The molecule has 0 spiro atoms. The Morgan fingerprint density at radius 2 is 1.03 bits per heavy atom. The molecule has 202 valence electrons. The molecule has 2 heteroatoms. The molecule has 0 amide bonds. The Kier molecular flexibility index (Phi) is 24.7. The minimum absolute atomic E-state index is 0.221. The highest BCUT2D eigenvalue weighted by Crippen LogP contribution is 2.21. The van der Waals surface area contributed by atoms with Gasteiger partial charge < -0.3 is 4.74 Å². The Labute approximate surface area is 215 Å². The molecule has 0 aromatic rings. The summed E-state index contributed by atoms with van der Waals surface area (Å²) < 4.78 is 5.53. The third-order valence-electron chi connectivity index (χ3n) is 7.52. The summed E-state index contributed by atoms with van der Waals surface area (Å²) in [6.07, 6.45) is 29.9. The minimum Gasteiger partial charge on any atom is -0.462 e. The zero-order valence-corrected chi connectivity index (χ0v) is 23.9. The van der Waals surface area contributed by atoms with Crippen molar-refractivity contribution in [3.8, 4) is 0 Å². The topological polar surface area (TPSA) is 26.3 Å². The highest BCUT2D eigenvalue weighted by molar-refractivity contribution is 5.86. The average Bonchev–Trinajstić information content (AvgIpc) is 2.83. The molecule has 0 aliphatic heterocycles. The summed E-state index contributed by atoms with van der Waals surface area (Å²) in [6, 6.07) is 0. The van der Waals surface area contributed by atoms with Crippen LogP contribution in [0.15, 0.2) is 12.2 Å². The van der Waals surface area contributed by atoms with Crippen LogP contribution in [0.1, 0.15) is 169 Å². The van der Waals surface area contributed by atoms with Gasteiger partial charge in [0.15, 0.2) is 0 Å². The highest BCUT2D eigenvalue weighted by Gasteiger charge is 2.12.